The van der Waals surface area contributed by atoms with Crippen molar-refractivity contribution in [3.63, 3.8) is 0 Å². The van der Waals surface area contributed by atoms with Crippen LogP contribution in [0.5, 0.6) is 0 Å². The Morgan fingerprint density at radius 2 is 2.16 bits per heavy atom. The van der Waals surface area contributed by atoms with Gasteiger partial charge in [-0.15, -0.1) is 0 Å². The van der Waals surface area contributed by atoms with Crippen molar-refractivity contribution in [1.82, 2.24) is 0 Å². The first-order chi connectivity index (χ1) is 9.21. The van der Waals surface area contributed by atoms with Gasteiger partial charge in [-0.05, 0) is 56.2 Å². The van der Waals surface area contributed by atoms with Crippen LogP contribution in [0.3, 0.4) is 0 Å². The van der Waals surface area contributed by atoms with Gasteiger partial charge < -0.3 is 0 Å². The summed E-state index contributed by atoms with van der Waals surface area (Å²) in [7, 11) is 0. The first kappa shape index (κ1) is 15.4. The van der Waals surface area contributed by atoms with Crippen molar-refractivity contribution in [1.29, 1.82) is 5.26 Å². The van der Waals surface area contributed by atoms with Crippen molar-refractivity contribution >= 4 is 0 Å². The molecule has 1 atom stereocenters. The molecular formula is C17H22FN. The van der Waals surface area contributed by atoms with Crippen LogP contribution in [0.1, 0.15) is 50.7 Å². The molecule has 1 nitrogen and oxygen atoms in total. The lowest BCUT2D eigenvalue weighted by atomic mass is 9.95. The fraction of sp³-hybridized carbons (Fsp3) is 0.471. The molecule has 102 valence electrons. The van der Waals surface area contributed by atoms with Crippen LogP contribution in [0.2, 0.25) is 0 Å². The average molecular weight is 259 g/mol. The van der Waals surface area contributed by atoms with Crippen LogP contribution < -0.4 is 0 Å². The molecule has 0 saturated carbocycles. The van der Waals surface area contributed by atoms with Gasteiger partial charge in [-0.2, -0.15) is 5.26 Å². The van der Waals surface area contributed by atoms with Gasteiger partial charge in [-0.1, -0.05) is 31.6 Å². The van der Waals surface area contributed by atoms with Crippen molar-refractivity contribution in [3.05, 3.63) is 47.3 Å². The summed E-state index contributed by atoms with van der Waals surface area (Å²) in [6.07, 6.45) is 9.86. The second kappa shape index (κ2) is 8.48. The SMILES string of the molecule is CC=CC(CCC)CCCc1ccc(C#N)c(F)c1. The highest BCUT2D eigenvalue weighted by molar-refractivity contribution is 5.33. The highest BCUT2D eigenvalue weighted by Gasteiger charge is 2.05. The predicted molar refractivity (Wildman–Crippen MR) is 77.3 cm³/mol. The third-order valence-electron chi connectivity index (χ3n) is 3.32. The third kappa shape index (κ3) is 5.26. The zero-order valence-corrected chi connectivity index (χ0v) is 11.8. The van der Waals surface area contributed by atoms with Gasteiger partial charge in [0.15, 0.2) is 0 Å². The monoisotopic (exact) mass is 259 g/mol. The summed E-state index contributed by atoms with van der Waals surface area (Å²) in [5, 5.41) is 8.68. The van der Waals surface area contributed by atoms with Crippen LogP contribution in [0, 0.1) is 23.1 Å². The maximum atomic E-state index is 13.4. The molecule has 19 heavy (non-hydrogen) atoms. The van der Waals surface area contributed by atoms with Crippen LogP contribution in [-0.4, -0.2) is 0 Å². The van der Waals surface area contributed by atoms with Gasteiger partial charge in [-0.25, -0.2) is 4.39 Å². The van der Waals surface area contributed by atoms with Crippen LogP contribution in [-0.2, 0) is 6.42 Å². The van der Waals surface area contributed by atoms with Crippen LogP contribution in [0.4, 0.5) is 4.39 Å². The van der Waals surface area contributed by atoms with E-state index in [4.69, 9.17) is 5.26 Å². The highest BCUT2D eigenvalue weighted by Crippen LogP contribution is 2.18. The van der Waals surface area contributed by atoms with Crippen molar-refractivity contribution in [2.45, 2.75) is 46.0 Å². The maximum absolute atomic E-state index is 13.4. The zero-order valence-electron chi connectivity index (χ0n) is 11.8. The van der Waals surface area contributed by atoms with E-state index in [1.807, 2.05) is 12.1 Å². The summed E-state index contributed by atoms with van der Waals surface area (Å²) >= 11 is 0. The summed E-state index contributed by atoms with van der Waals surface area (Å²) in [5.74, 6) is 0.233. The molecule has 0 aliphatic carbocycles. The largest absolute Gasteiger partial charge is 0.206 e. The van der Waals surface area contributed by atoms with Crippen LogP contribution >= 0.6 is 0 Å². The number of rotatable bonds is 7. The standard InChI is InChI=1S/C17H22FN/c1-3-6-14(7-4-2)8-5-9-15-10-11-16(13-19)17(18)12-15/h3,6,10-12,14H,4-5,7-9H2,1-2H3. The molecule has 0 saturated heterocycles. The lowest BCUT2D eigenvalue weighted by molar-refractivity contribution is 0.515. The minimum atomic E-state index is -0.404. The molecule has 1 aromatic carbocycles. The van der Waals surface area contributed by atoms with E-state index in [0.29, 0.717) is 5.92 Å². The summed E-state index contributed by atoms with van der Waals surface area (Å²) < 4.78 is 13.4. The number of halogens is 1. The molecule has 0 aliphatic rings. The molecule has 0 N–H and O–H groups in total. The molecule has 0 amide bonds. The molecule has 0 spiro atoms. The Kier molecular flexibility index (Phi) is 6.89. The zero-order chi connectivity index (χ0) is 14.1. The molecule has 0 radical (unpaired) electrons. The topological polar surface area (TPSA) is 23.8 Å². The minimum absolute atomic E-state index is 0.126. The van der Waals surface area contributed by atoms with E-state index in [9.17, 15) is 4.39 Å². The number of nitrogens with zero attached hydrogens (tertiary/aromatic N) is 1. The fourth-order valence-corrected chi connectivity index (χ4v) is 2.35. The smallest absolute Gasteiger partial charge is 0.141 e. The average Bonchev–Trinajstić information content (AvgIpc) is 2.39. The Bertz CT molecular complexity index is 457. The van der Waals surface area contributed by atoms with Gasteiger partial charge in [0, 0.05) is 0 Å². The maximum Gasteiger partial charge on any atom is 0.141 e. The molecule has 0 fully saturated rings. The summed E-state index contributed by atoms with van der Waals surface area (Å²) in [4.78, 5) is 0. The van der Waals surface area contributed by atoms with E-state index in [-0.39, 0.29) is 5.56 Å². The molecule has 1 rings (SSSR count). The van der Waals surface area contributed by atoms with E-state index >= 15 is 0 Å². The van der Waals surface area contributed by atoms with Crippen molar-refractivity contribution in [2.75, 3.05) is 0 Å². The Hall–Kier alpha value is -1.62. The van der Waals surface area contributed by atoms with Gasteiger partial charge in [0.1, 0.15) is 11.9 Å². The van der Waals surface area contributed by atoms with E-state index in [1.54, 1.807) is 6.07 Å². The Morgan fingerprint density at radius 1 is 1.37 bits per heavy atom. The number of allylic oxidation sites excluding steroid dienone is 2. The number of benzene rings is 1. The normalized spacial score (nSPS) is 12.5. The molecule has 1 unspecified atom stereocenters. The number of nitriles is 1. The molecule has 0 bridgehead atoms. The molecule has 2 heteroatoms. The van der Waals surface area contributed by atoms with Gasteiger partial charge in [0.2, 0.25) is 0 Å². The Balaban J connectivity index is 2.48. The molecule has 1 aromatic rings. The van der Waals surface area contributed by atoms with Crippen molar-refractivity contribution < 1.29 is 4.39 Å². The second-order valence-corrected chi connectivity index (χ2v) is 4.89. The van der Waals surface area contributed by atoms with Gasteiger partial charge in [0.05, 0.1) is 5.56 Å². The van der Waals surface area contributed by atoms with E-state index in [2.05, 4.69) is 26.0 Å². The molecule has 0 heterocycles. The van der Waals surface area contributed by atoms with Crippen LogP contribution in [0.15, 0.2) is 30.4 Å². The molecular weight excluding hydrogens is 237 g/mol. The molecule has 0 aliphatic heterocycles. The van der Waals surface area contributed by atoms with E-state index in [0.717, 1.165) is 24.8 Å². The predicted octanol–water partition coefficient (Wildman–Crippen LogP) is 5.01. The van der Waals surface area contributed by atoms with Crippen molar-refractivity contribution in [3.8, 4) is 6.07 Å². The summed E-state index contributed by atoms with van der Waals surface area (Å²) in [6, 6.07) is 6.76. The quantitative estimate of drug-likeness (QED) is 0.631. The Labute approximate surface area is 115 Å². The van der Waals surface area contributed by atoms with Gasteiger partial charge in [0.25, 0.3) is 0 Å². The number of aryl methyl sites for hydroxylation is 1. The first-order valence-electron chi connectivity index (χ1n) is 7.02. The number of hydrogen-bond donors (Lipinski definition) is 0. The van der Waals surface area contributed by atoms with Gasteiger partial charge in [-0.3, -0.25) is 0 Å². The molecule has 0 aromatic heterocycles. The summed E-state index contributed by atoms with van der Waals surface area (Å²) in [5.41, 5.74) is 1.11. The van der Waals surface area contributed by atoms with E-state index in [1.165, 1.54) is 18.9 Å². The first-order valence-corrected chi connectivity index (χ1v) is 7.02. The highest BCUT2D eigenvalue weighted by atomic mass is 19.1. The number of hydrogen-bond acceptors (Lipinski definition) is 1. The van der Waals surface area contributed by atoms with E-state index < -0.39 is 5.82 Å². The van der Waals surface area contributed by atoms with Crippen molar-refractivity contribution in [2.24, 2.45) is 5.92 Å². The minimum Gasteiger partial charge on any atom is -0.206 e. The fourth-order valence-electron chi connectivity index (χ4n) is 2.35. The van der Waals surface area contributed by atoms with Crippen LogP contribution in [0.25, 0.3) is 0 Å². The third-order valence-corrected chi connectivity index (χ3v) is 3.32. The summed E-state index contributed by atoms with van der Waals surface area (Å²) in [6.45, 7) is 4.26. The van der Waals surface area contributed by atoms with Gasteiger partial charge >= 0.3 is 0 Å². The lowest BCUT2D eigenvalue weighted by Gasteiger charge is -2.11. The lowest BCUT2D eigenvalue weighted by Crippen LogP contribution is -1.98. The Morgan fingerprint density at radius 3 is 2.74 bits per heavy atom. The second-order valence-electron chi connectivity index (χ2n) is 4.89.